The van der Waals surface area contributed by atoms with E-state index in [-0.39, 0.29) is 23.5 Å². The van der Waals surface area contributed by atoms with Crippen LogP contribution in [0.3, 0.4) is 0 Å². The lowest BCUT2D eigenvalue weighted by atomic mass is 9.79. The molecule has 2 heterocycles. The Kier molecular flexibility index (Phi) is 3.08. The van der Waals surface area contributed by atoms with Crippen molar-refractivity contribution in [3.05, 3.63) is 23.3 Å². The van der Waals surface area contributed by atoms with Gasteiger partial charge in [-0.2, -0.15) is 0 Å². The molecule has 1 N–H and O–H groups in total. The smallest absolute Gasteiger partial charge is 0.161 e. The van der Waals surface area contributed by atoms with Gasteiger partial charge in [-0.25, -0.2) is 0 Å². The lowest BCUT2D eigenvalue weighted by Crippen LogP contribution is -2.48. The first-order chi connectivity index (χ1) is 13.3. The Hall–Kier alpha value is -1.26. The van der Waals surface area contributed by atoms with Crippen LogP contribution in [0.25, 0.3) is 0 Å². The van der Waals surface area contributed by atoms with Gasteiger partial charge >= 0.3 is 0 Å². The van der Waals surface area contributed by atoms with Crippen LogP contribution in [0.2, 0.25) is 0 Å². The van der Waals surface area contributed by atoms with Crippen molar-refractivity contribution in [1.29, 1.82) is 0 Å². The molecule has 3 unspecified atom stereocenters. The van der Waals surface area contributed by atoms with E-state index in [9.17, 15) is 5.11 Å². The third kappa shape index (κ3) is 3.20. The van der Waals surface area contributed by atoms with Crippen LogP contribution in [-0.4, -0.2) is 43.3 Å². The van der Waals surface area contributed by atoms with Crippen LogP contribution in [0.1, 0.15) is 52.1 Å². The molecule has 2 aliphatic heterocycles. The maximum absolute atomic E-state index is 10.7. The maximum Gasteiger partial charge on any atom is 0.161 e. The summed E-state index contributed by atoms with van der Waals surface area (Å²) in [6, 6.07) is 3.10. The molecule has 3 atom stereocenters. The molecule has 0 bridgehead atoms. The molecule has 0 radical (unpaired) electrons. The van der Waals surface area contributed by atoms with Crippen molar-refractivity contribution in [3.8, 4) is 11.5 Å². The van der Waals surface area contributed by atoms with Crippen molar-refractivity contribution in [2.45, 2.75) is 45.3 Å². The number of ether oxygens (including phenoxy) is 2. The van der Waals surface area contributed by atoms with Crippen LogP contribution in [0.5, 0.6) is 11.5 Å². The fraction of sp³-hybridized carbons (Fsp3) is 0.684. The second-order valence-electron chi connectivity index (χ2n) is 7.16. The standard InChI is InChI=1S/C19H29NO3/c1-12(2)7-14-11-20-6-5-13-8-18(22-3)19(23-4)9-15(13)16(20)10-17(14)21/h8-9,12,14,16-17,21H,5-7,10-11H2,1-4H3/i3D3,4D3. The molecule has 3 rings (SSSR count). The number of benzene rings is 1. The SMILES string of the molecule is [2H]C([2H])([2H])Oc1cc2c(cc1OC([2H])([2H])[2H])C1CC(O)C(CC(C)C)CN1CC2. The zero-order valence-electron chi connectivity index (χ0n) is 19.7. The number of methoxy groups -OCH3 is 2. The van der Waals surface area contributed by atoms with Crippen LogP contribution in [0.15, 0.2) is 12.1 Å². The molecule has 0 aromatic heterocycles. The second kappa shape index (κ2) is 6.70. The van der Waals surface area contributed by atoms with Crippen molar-refractivity contribution in [3.63, 3.8) is 0 Å². The van der Waals surface area contributed by atoms with E-state index in [0.717, 1.165) is 30.6 Å². The third-order valence-corrected chi connectivity index (χ3v) is 5.15. The zero-order chi connectivity index (χ0) is 21.6. The summed E-state index contributed by atoms with van der Waals surface area (Å²) in [7, 11) is -5.45. The first-order valence-corrected chi connectivity index (χ1v) is 8.29. The van der Waals surface area contributed by atoms with Gasteiger partial charge in [0.1, 0.15) is 0 Å². The normalized spacial score (nSPS) is 32.4. The quantitative estimate of drug-likeness (QED) is 0.924. The van der Waals surface area contributed by atoms with Crippen molar-refractivity contribution < 1.29 is 22.8 Å². The first-order valence-electron chi connectivity index (χ1n) is 11.3. The number of fused-ring (bicyclic) bond motifs is 3. The molecule has 128 valence electrons. The van der Waals surface area contributed by atoms with Crippen molar-refractivity contribution in [1.82, 2.24) is 4.90 Å². The molecule has 1 aromatic rings. The van der Waals surface area contributed by atoms with E-state index >= 15 is 0 Å². The molecular weight excluding hydrogens is 290 g/mol. The molecular formula is C19H29NO3. The van der Waals surface area contributed by atoms with Crippen molar-refractivity contribution in [2.75, 3.05) is 27.2 Å². The van der Waals surface area contributed by atoms with Gasteiger partial charge in [-0.3, -0.25) is 4.90 Å². The van der Waals surface area contributed by atoms with Gasteiger partial charge in [0.25, 0.3) is 0 Å². The van der Waals surface area contributed by atoms with Crippen molar-refractivity contribution in [2.24, 2.45) is 11.8 Å². The molecule has 2 aliphatic rings. The molecule has 1 fully saturated rings. The predicted molar refractivity (Wildman–Crippen MR) is 91.1 cm³/mol. The molecule has 1 aromatic carbocycles. The van der Waals surface area contributed by atoms with Gasteiger partial charge in [0, 0.05) is 19.1 Å². The average molecular weight is 325 g/mol. The Bertz CT molecular complexity index is 734. The summed E-state index contributed by atoms with van der Waals surface area (Å²) in [5, 5.41) is 10.7. The number of rotatable bonds is 4. The van der Waals surface area contributed by atoms with Crippen molar-refractivity contribution >= 4 is 0 Å². The van der Waals surface area contributed by atoms with Crippen LogP contribution in [0, 0.1) is 11.8 Å². The Morgan fingerprint density at radius 2 is 2.04 bits per heavy atom. The van der Waals surface area contributed by atoms with Gasteiger partial charge in [0.15, 0.2) is 11.5 Å². The van der Waals surface area contributed by atoms with Gasteiger partial charge in [0.05, 0.1) is 28.4 Å². The van der Waals surface area contributed by atoms with E-state index in [2.05, 4.69) is 18.7 Å². The monoisotopic (exact) mass is 325 g/mol. The van der Waals surface area contributed by atoms with Crippen LogP contribution >= 0.6 is 0 Å². The molecule has 0 amide bonds. The minimum Gasteiger partial charge on any atom is -0.493 e. The van der Waals surface area contributed by atoms with Gasteiger partial charge in [0.2, 0.25) is 0 Å². The van der Waals surface area contributed by atoms with E-state index in [1.807, 2.05) is 0 Å². The average Bonchev–Trinajstić information content (AvgIpc) is 2.53. The molecule has 4 nitrogen and oxygen atoms in total. The maximum atomic E-state index is 10.7. The molecule has 23 heavy (non-hydrogen) atoms. The molecule has 0 saturated carbocycles. The number of piperidine rings is 1. The Balaban J connectivity index is 1.94. The van der Waals surface area contributed by atoms with Crippen LogP contribution in [-0.2, 0) is 6.42 Å². The highest BCUT2D eigenvalue weighted by Gasteiger charge is 2.38. The van der Waals surface area contributed by atoms with Crippen LogP contribution in [0.4, 0.5) is 0 Å². The lowest BCUT2D eigenvalue weighted by molar-refractivity contribution is -0.0191. The lowest BCUT2D eigenvalue weighted by Gasteiger charge is -2.46. The fourth-order valence-corrected chi connectivity index (χ4v) is 4.10. The number of aliphatic hydroxyl groups excluding tert-OH is 1. The van der Waals surface area contributed by atoms with Gasteiger partial charge < -0.3 is 14.6 Å². The zero-order valence-corrected chi connectivity index (χ0v) is 13.7. The Morgan fingerprint density at radius 3 is 2.74 bits per heavy atom. The minimum absolute atomic E-state index is 0.0575. The van der Waals surface area contributed by atoms with E-state index in [1.165, 1.54) is 0 Å². The number of aliphatic hydroxyl groups is 1. The summed E-state index contributed by atoms with van der Waals surface area (Å²) in [5.41, 5.74) is 1.77. The molecule has 0 spiro atoms. The number of nitrogens with zero attached hydrogens (tertiary/aromatic N) is 1. The minimum atomic E-state index is -2.73. The fourth-order valence-electron chi connectivity index (χ4n) is 4.10. The second-order valence-corrected chi connectivity index (χ2v) is 7.16. The Labute approximate surface area is 147 Å². The highest BCUT2D eigenvalue weighted by atomic mass is 16.5. The van der Waals surface area contributed by atoms with Gasteiger partial charge in [-0.15, -0.1) is 0 Å². The van der Waals surface area contributed by atoms with Crippen LogP contribution < -0.4 is 9.47 Å². The highest BCUT2D eigenvalue weighted by molar-refractivity contribution is 5.49. The van der Waals surface area contributed by atoms with Gasteiger partial charge in [-0.05, 0) is 54.4 Å². The van der Waals surface area contributed by atoms with E-state index in [0.29, 0.717) is 18.8 Å². The predicted octanol–water partition coefficient (Wildman–Crippen LogP) is 3.03. The number of hydrogen-bond acceptors (Lipinski definition) is 4. The Morgan fingerprint density at radius 1 is 1.30 bits per heavy atom. The van der Waals surface area contributed by atoms with Gasteiger partial charge in [-0.1, -0.05) is 13.8 Å². The largest absolute Gasteiger partial charge is 0.493 e. The topological polar surface area (TPSA) is 41.9 Å². The summed E-state index contributed by atoms with van der Waals surface area (Å²) in [5.74, 6) is 0.508. The summed E-state index contributed by atoms with van der Waals surface area (Å²) >= 11 is 0. The summed E-state index contributed by atoms with van der Waals surface area (Å²) in [4.78, 5) is 2.32. The van der Waals surface area contributed by atoms with E-state index < -0.39 is 20.2 Å². The summed E-state index contributed by atoms with van der Waals surface area (Å²) < 4.78 is 54.4. The van der Waals surface area contributed by atoms with E-state index in [4.69, 9.17) is 17.7 Å². The highest BCUT2D eigenvalue weighted by Crippen LogP contribution is 2.43. The summed E-state index contributed by atoms with van der Waals surface area (Å²) in [6.07, 6.45) is 1.77. The summed E-state index contributed by atoms with van der Waals surface area (Å²) in [6.45, 7) is 5.88. The molecule has 4 heteroatoms. The number of hydrogen-bond donors (Lipinski definition) is 1. The first kappa shape index (κ1) is 10.6. The third-order valence-electron chi connectivity index (χ3n) is 5.15. The molecule has 0 aliphatic carbocycles. The van der Waals surface area contributed by atoms with E-state index in [1.54, 1.807) is 12.1 Å². The molecule has 1 saturated heterocycles.